The summed E-state index contributed by atoms with van der Waals surface area (Å²) in [5.74, 6) is -1.91. The van der Waals surface area contributed by atoms with Crippen LogP contribution in [0.15, 0.2) is 41.5 Å². The Hall–Kier alpha value is -1.56. The molecule has 0 aliphatic heterocycles. The molecule has 2 N–H and O–H groups in total. The highest BCUT2D eigenvalue weighted by Crippen LogP contribution is 2.45. The van der Waals surface area contributed by atoms with E-state index in [0.29, 0.717) is 6.08 Å². The first-order valence-corrected chi connectivity index (χ1v) is 10.4. The largest absolute Gasteiger partial charge is 0.290 e. The highest BCUT2D eigenvalue weighted by molar-refractivity contribution is 7.92. The molecule has 0 aromatic heterocycles. The Morgan fingerprint density at radius 2 is 1.65 bits per heavy atom. The van der Waals surface area contributed by atoms with Gasteiger partial charge in [0.05, 0.1) is 10.6 Å². The van der Waals surface area contributed by atoms with E-state index >= 15 is 0 Å². The van der Waals surface area contributed by atoms with Crippen molar-refractivity contribution in [3.8, 4) is 0 Å². The quantitative estimate of drug-likeness (QED) is 0.523. The zero-order valence-corrected chi connectivity index (χ0v) is 15.5. The van der Waals surface area contributed by atoms with Gasteiger partial charge < -0.3 is 0 Å². The molecule has 0 saturated carbocycles. The topological polar surface area (TPSA) is 143 Å². The van der Waals surface area contributed by atoms with E-state index < -0.39 is 52.4 Å². The van der Waals surface area contributed by atoms with Gasteiger partial charge in [0.25, 0.3) is 20.2 Å². The van der Waals surface area contributed by atoms with Crippen molar-refractivity contribution in [2.24, 2.45) is 0 Å². The van der Waals surface area contributed by atoms with Gasteiger partial charge in [-0.1, -0.05) is 41.4 Å². The molecule has 2 unspecified atom stereocenters. The summed E-state index contributed by atoms with van der Waals surface area (Å²) >= 11 is 11.7. The van der Waals surface area contributed by atoms with Crippen LogP contribution in [0.2, 0.25) is 5.02 Å². The molecule has 8 nitrogen and oxygen atoms in total. The molecular weight excluding hydrogens is 431 g/mol. The van der Waals surface area contributed by atoms with E-state index in [1.165, 1.54) is 18.2 Å². The number of alkyl halides is 1. The summed E-state index contributed by atoms with van der Waals surface area (Å²) in [5.41, 5.74) is -1.81. The molecule has 0 heterocycles. The van der Waals surface area contributed by atoms with Gasteiger partial charge in [0.2, 0.25) is 4.21 Å². The van der Waals surface area contributed by atoms with Crippen LogP contribution in [0.4, 0.5) is 0 Å². The smallest absolute Gasteiger partial charge is 0.289 e. The molecule has 2 aliphatic carbocycles. The van der Waals surface area contributed by atoms with Gasteiger partial charge in [0.1, 0.15) is 0 Å². The third-order valence-corrected chi connectivity index (χ3v) is 7.94. The number of Topliss-reactive ketones (excluding diaryl/α,β-unsaturated/α-hetero) is 2. The van der Waals surface area contributed by atoms with Gasteiger partial charge in [-0.3, -0.25) is 18.7 Å². The van der Waals surface area contributed by atoms with Crippen LogP contribution < -0.4 is 0 Å². The molecule has 3 rings (SSSR count). The van der Waals surface area contributed by atoms with Crippen molar-refractivity contribution in [1.82, 2.24) is 0 Å². The number of allylic oxidation sites excluding steroid dienone is 2. The monoisotopic (exact) mass is 438 g/mol. The first-order chi connectivity index (χ1) is 11.8. The summed E-state index contributed by atoms with van der Waals surface area (Å²) in [5, 5.41) is -2.68. The number of hydrogen-bond donors (Lipinski definition) is 2. The van der Waals surface area contributed by atoms with Crippen molar-refractivity contribution in [1.29, 1.82) is 0 Å². The normalized spacial score (nSPS) is 25.9. The molecule has 1 aromatic rings. The Bertz CT molecular complexity index is 1150. The van der Waals surface area contributed by atoms with Crippen molar-refractivity contribution in [3.63, 3.8) is 0 Å². The number of hydrogen-bond acceptors (Lipinski definition) is 6. The van der Waals surface area contributed by atoms with Crippen LogP contribution in [0.1, 0.15) is 20.7 Å². The van der Waals surface area contributed by atoms with Gasteiger partial charge in [-0.15, -0.1) is 0 Å². The van der Waals surface area contributed by atoms with E-state index in [0.717, 1.165) is 6.08 Å². The van der Waals surface area contributed by atoms with Crippen molar-refractivity contribution < 1.29 is 35.5 Å². The van der Waals surface area contributed by atoms with Crippen molar-refractivity contribution in [3.05, 3.63) is 57.6 Å². The number of carbonyl (C=O) groups is 2. The highest BCUT2D eigenvalue weighted by Gasteiger charge is 2.59. The van der Waals surface area contributed by atoms with Gasteiger partial charge in [-0.25, -0.2) is 0 Å². The minimum atomic E-state index is -5.34. The number of rotatable bonds is 2. The maximum atomic E-state index is 12.8. The first-order valence-electron chi connectivity index (χ1n) is 6.74. The molecule has 0 radical (unpaired) electrons. The number of fused-ring (bicyclic) bond motifs is 1. The van der Waals surface area contributed by atoms with Crippen molar-refractivity contribution in [2.75, 3.05) is 0 Å². The Labute approximate surface area is 157 Å². The zero-order valence-electron chi connectivity index (χ0n) is 12.4. The van der Waals surface area contributed by atoms with Crippen LogP contribution in [0.5, 0.6) is 0 Å². The second-order valence-corrected chi connectivity index (χ2v) is 9.93. The maximum absolute atomic E-state index is 12.8. The lowest BCUT2D eigenvalue weighted by Crippen LogP contribution is -2.52. The fourth-order valence-corrected chi connectivity index (χ4v) is 6.09. The van der Waals surface area contributed by atoms with E-state index in [2.05, 4.69) is 0 Å². The molecule has 0 saturated heterocycles. The molecular formula is C14H8Cl2O8S2. The van der Waals surface area contributed by atoms with E-state index in [4.69, 9.17) is 23.2 Å². The maximum Gasteiger partial charge on any atom is 0.290 e. The van der Waals surface area contributed by atoms with Crippen LogP contribution in [0.25, 0.3) is 0 Å². The summed E-state index contributed by atoms with van der Waals surface area (Å²) in [4.78, 5) is 25.5. The lowest BCUT2D eigenvalue weighted by atomic mass is 9.79. The SMILES string of the molecule is O=C1C2=C(C=CC(Cl)(S(=O)(=O)O)C2S(=O)(=O)O)C(=O)c2c(Cl)cccc21. The van der Waals surface area contributed by atoms with Crippen LogP contribution in [0.3, 0.4) is 0 Å². The van der Waals surface area contributed by atoms with Gasteiger partial charge in [0.15, 0.2) is 16.8 Å². The Kier molecular flexibility index (Phi) is 4.22. The predicted octanol–water partition coefficient (Wildman–Crippen LogP) is 1.66. The molecule has 1 aromatic carbocycles. The summed E-state index contributed by atoms with van der Waals surface area (Å²) in [6.07, 6.45) is 1.33. The average molecular weight is 439 g/mol. The third-order valence-electron chi connectivity index (χ3n) is 4.05. The molecule has 138 valence electrons. The standard InChI is InChI=1S/C14H8Cl2O8S2/c15-8-3-1-2-6-9(8)11(17)7-4-5-14(16,26(22,23)24)13(25(19,20)21)10(7)12(6)18/h1-5,13H,(H,19,20,21)(H,22,23,24). The molecule has 0 amide bonds. The Morgan fingerprint density at radius 3 is 2.19 bits per heavy atom. The van der Waals surface area contributed by atoms with Crippen molar-refractivity contribution in [2.45, 2.75) is 9.46 Å². The molecule has 12 heteroatoms. The lowest BCUT2D eigenvalue weighted by molar-refractivity contribution is 0.0973. The Balaban J connectivity index is 2.40. The summed E-state index contributed by atoms with van der Waals surface area (Å²) in [7, 11) is -10.7. The van der Waals surface area contributed by atoms with E-state index in [-0.39, 0.29) is 16.1 Å². The summed E-state index contributed by atoms with van der Waals surface area (Å²) in [6.45, 7) is 0. The number of halogens is 2. The van der Waals surface area contributed by atoms with E-state index in [1.807, 2.05) is 0 Å². The molecule has 0 spiro atoms. The van der Waals surface area contributed by atoms with Gasteiger partial charge in [-0.2, -0.15) is 16.8 Å². The Morgan fingerprint density at radius 1 is 1.04 bits per heavy atom. The first kappa shape index (κ1) is 19.2. The van der Waals surface area contributed by atoms with Crippen LogP contribution >= 0.6 is 23.2 Å². The summed E-state index contributed by atoms with van der Waals surface area (Å²) < 4.78 is 63.0. The second-order valence-electron chi connectivity index (χ2n) is 5.55. The minimum absolute atomic E-state index is 0.0679. The lowest BCUT2D eigenvalue weighted by Gasteiger charge is -2.34. The molecule has 2 aliphatic rings. The van der Waals surface area contributed by atoms with E-state index in [9.17, 15) is 35.5 Å². The minimum Gasteiger partial charge on any atom is -0.289 e. The van der Waals surface area contributed by atoms with Crippen LogP contribution in [0, 0.1) is 0 Å². The zero-order chi connectivity index (χ0) is 19.7. The number of carbonyl (C=O) groups excluding carboxylic acids is 2. The molecule has 26 heavy (non-hydrogen) atoms. The predicted molar refractivity (Wildman–Crippen MR) is 91.7 cm³/mol. The van der Waals surface area contributed by atoms with E-state index in [1.54, 1.807) is 0 Å². The fourth-order valence-electron chi connectivity index (χ4n) is 2.95. The number of ketones is 2. The molecule has 0 fully saturated rings. The van der Waals surface area contributed by atoms with Crippen LogP contribution in [-0.2, 0) is 20.2 Å². The van der Waals surface area contributed by atoms with Gasteiger partial charge >= 0.3 is 0 Å². The average Bonchev–Trinajstić information content (AvgIpc) is 2.49. The highest BCUT2D eigenvalue weighted by atomic mass is 35.5. The summed E-state index contributed by atoms with van der Waals surface area (Å²) in [6, 6.07) is 3.86. The van der Waals surface area contributed by atoms with Crippen molar-refractivity contribution >= 4 is 55.0 Å². The van der Waals surface area contributed by atoms with Gasteiger partial charge in [0, 0.05) is 16.7 Å². The molecule has 2 atom stereocenters. The van der Waals surface area contributed by atoms with Gasteiger partial charge in [-0.05, 0) is 12.1 Å². The van der Waals surface area contributed by atoms with Crippen LogP contribution in [-0.4, -0.2) is 47.0 Å². The second kappa shape index (κ2) is 5.72. The molecule has 0 bridgehead atoms. The third kappa shape index (κ3) is 2.56. The fraction of sp³-hybridized carbons (Fsp3) is 0.143. The number of benzene rings is 1.